The van der Waals surface area contributed by atoms with Crippen molar-refractivity contribution >= 4 is 22.9 Å². The highest BCUT2D eigenvalue weighted by molar-refractivity contribution is 5.84. The second kappa shape index (κ2) is 4.42. The van der Waals surface area contributed by atoms with Gasteiger partial charge in [0.1, 0.15) is 5.52 Å². The number of aromatic nitrogens is 6. The second-order valence-corrected chi connectivity index (χ2v) is 4.94. The van der Waals surface area contributed by atoms with Crippen LogP contribution in [0.25, 0.3) is 11.2 Å². The van der Waals surface area contributed by atoms with Gasteiger partial charge in [-0.15, -0.1) is 0 Å². The van der Waals surface area contributed by atoms with Crippen molar-refractivity contribution in [2.45, 2.75) is 19.7 Å². The first-order valence-electron chi connectivity index (χ1n) is 6.62. The van der Waals surface area contributed by atoms with Gasteiger partial charge in [-0.1, -0.05) is 0 Å². The molecule has 0 fully saturated rings. The number of imidazole rings is 1. The summed E-state index contributed by atoms with van der Waals surface area (Å²) in [6.07, 6.45) is 1.58. The van der Waals surface area contributed by atoms with Crippen LogP contribution in [0.2, 0.25) is 0 Å². The van der Waals surface area contributed by atoms with Crippen LogP contribution in [0.3, 0.4) is 0 Å². The standard InChI is InChI=1S/C12H14N8O/c13-12-16-10-9(14-6-15-10)11(17-12)19-1-2-20-8(4-19)3-7(5-21)18-20/h3,6,21H,1-2,4-5H2,(H3,13,14,15,16,17). The van der Waals surface area contributed by atoms with E-state index in [1.807, 2.05) is 10.7 Å². The Hall–Kier alpha value is -2.68. The van der Waals surface area contributed by atoms with E-state index in [-0.39, 0.29) is 12.6 Å². The normalized spacial score (nSPS) is 14.6. The fraction of sp³-hybridized carbons (Fsp3) is 0.333. The van der Waals surface area contributed by atoms with Gasteiger partial charge in [-0.3, -0.25) is 4.68 Å². The molecule has 21 heavy (non-hydrogen) atoms. The number of anilines is 2. The van der Waals surface area contributed by atoms with E-state index in [9.17, 15) is 5.11 Å². The molecule has 3 aromatic rings. The lowest BCUT2D eigenvalue weighted by atomic mass is 10.2. The SMILES string of the molecule is Nc1nc(N2CCn3nc(CO)cc3C2)c2[nH]cnc2n1. The molecule has 4 N–H and O–H groups in total. The van der Waals surface area contributed by atoms with Crippen LogP contribution in [-0.4, -0.2) is 41.4 Å². The number of nitrogens with two attached hydrogens (primary N) is 1. The van der Waals surface area contributed by atoms with Gasteiger partial charge in [0.05, 0.1) is 37.4 Å². The first-order valence-corrected chi connectivity index (χ1v) is 6.62. The van der Waals surface area contributed by atoms with Crippen LogP contribution in [0.4, 0.5) is 11.8 Å². The molecule has 0 spiro atoms. The van der Waals surface area contributed by atoms with Crippen LogP contribution < -0.4 is 10.6 Å². The molecule has 1 aliphatic heterocycles. The lowest BCUT2D eigenvalue weighted by Crippen LogP contribution is -2.34. The Morgan fingerprint density at radius 1 is 1.33 bits per heavy atom. The molecule has 0 atom stereocenters. The minimum atomic E-state index is -0.0503. The molecule has 0 amide bonds. The van der Waals surface area contributed by atoms with E-state index in [0.29, 0.717) is 17.9 Å². The number of aliphatic hydroxyl groups excluding tert-OH is 1. The zero-order chi connectivity index (χ0) is 14.4. The summed E-state index contributed by atoms with van der Waals surface area (Å²) in [7, 11) is 0. The third-order valence-corrected chi connectivity index (χ3v) is 3.59. The van der Waals surface area contributed by atoms with Crippen molar-refractivity contribution in [1.29, 1.82) is 0 Å². The van der Waals surface area contributed by atoms with Crippen LogP contribution in [0.5, 0.6) is 0 Å². The number of H-pyrrole nitrogens is 1. The number of nitrogen functional groups attached to an aromatic ring is 1. The topological polar surface area (TPSA) is 122 Å². The molecular formula is C12H14N8O. The molecule has 0 aliphatic carbocycles. The Balaban J connectivity index is 1.75. The summed E-state index contributed by atoms with van der Waals surface area (Å²) in [4.78, 5) is 17.7. The van der Waals surface area contributed by atoms with Gasteiger partial charge in [0.2, 0.25) is 5.95 Å². The van der Waals surface area contributed by atoms with Gasteiger partial charge in [0.25, 0.3) is 0 Å². The molecule has 0 bridgehead atoms. The van der Waals surface area contributed by atoms with Crippen LogP contribution in [0.1, 0.15) is 11.4 Å². The average molecular weight is 286 g/mol. The minimum absolute atomic E-state index is 0.0503. The molecule has 4 rings (SSSR count). The third-order valence-electron chi connectivity index (χ3n) is 3.59. The highest BCUT2D eigenvalue weighted by Crippen LogP contribution is 2.25. The van der Waals surface area contributed by atoms with E-state index in [0.717, 1.165) is 30.1 Å². The number of hydrogen-bond acceptors (Lipinski definition) is 7. The summed E-state index contributed by atoms with van der Waals surface area (Å²) in [6, 6.07) is 1.90. The maximum absolute atomic E-state index is 9.18. The van der Waals surface area contributed by atoms with Crippen LogP contribution in [-0.2, 0) is 19.7 Å². The molecule has 9 nitrogen and oxygen atoms in total. The largest absolute Gasteiger partial charge is 0.390 e. The fourth-order valence-corrected chi connectivity index (χ4v) is 2.65. The molecular weight excluding hydrogens is 272 g/mol. The van der Waals surface area contributed by atoms with E-state index in [1.165, 1.54) is 0 Å². The quantitative estimate of drug-likeness (QED) is 0.588. The lowest BCUT2D eigenvalue weighted by Gasteiger charge is -2.28. The minimum Gasteiger partial charge on any atom is -0.390 e. The number of aliphatic hydroxyl groups is 1. The molecule has 1 aliphatic rings. The zero-order valence-electron chi connectivity index (χ0n) is 11.2. The summed E-state index contributed by atoms with van der Waals surface area (Å²) in [5.74, 6) is 0.952. The predicted molar refractivity (Wildman–Crippen MR) is 75.3 cm³/mol. The van der Waals surface area contributed by atoms with Gasteiger partial charge in [-0.05, 0) is 6.07 Å². The van der Waals surface area contributed by atoms with Crippen LogP contribution in [0, 0.1) is 0 Å². The summed E-state index contributed by atoms with van der Waals surface area (Å²) < 4.78 is 1.91. The van der Waals surface area contributed by atoms with E-state index in [4.69, 9.17) is 5.73 Å². The van der Waals surface area contributed by atoms with Crippen LogP contribution in [0.15, 0.2) is 12.4 Å². The maximum atomic E-state index is 9.18. The molecule has 108 valence electrons. The summed E-state index contributed by atoms with van der Waals surface area (Å²) in [6.45, 7) is 2.09. The molecule has 0 saturated carbocycles. The Labute approximate surface area is 119 Å². The number of nitrogens with zero attached hydrogens (tertiary/aromatic N) is 6. The molecule has 0 aromatic carbocycles. The molecule has 4 heterocycles. The van der Waals surface area contributed by atoms with E-state index in [1.54, 1.807) is 6.33 Å². The predicted octanol–water partition coefficient (Wildman–Crippen LogP) is -0.356. The highest BCUT2D eigenvalue weighted by Gasteiger charge is 2.22. The van der Waals surface area contributed by atoms with Crippen molar-refractivity contribution in [2.75, 3.05) is 17.2 Å². The first-order chi connectivity index (χ1) is 10.2. The molecule has 0 radical (unpaired) electrons. The van der Waals surface area contributed by atoms with Gasteiger partial charge in [-0.25, -0.2) is 4.98 Å². The number of fused-ring (bicyclic) bond motifs is 2. The Bertz CT molecular complexity index is 807. The number of aromatic amines is 1. The first kappa shape index (κ1) is 12.1. The summed E-state index contributed by atoms with van der Waals surface area (Å²) in [5.41, 5.74) is 8.82. The van der Waals surface area contributed by atoms with E-state index < -0.39 is 0 Å². The van der Waals surface area contributed by atoms with Gasteiger partial charge in [0, 0.05) is 6.54 Å². The molecule has 3 aromatic heterocycles. The van der Waals surface area contributed by atoms with Crippen molar-refractivity contribution < 1.29 is 5.11 Å². The number of nitrogens with one attached hydrogen (secondary N) is 1. The van der Waals surface area contributed by atoms with Crippen molar-refractivity contribution in [3.63, 3.8) is 0 Å². The Morgan fingerprint density at radius 3 is 3.10 bits per heavy atom. The Kier molecular flexibility index (Phi) is 2.54. The fourth-order valence-electron chi connectivity index (χ4n) is 2.65. The lowest BCUT2D eigenvalue weighted by molar-refractivity contribution is 0.275. The molecule has 9 heteroatoms. The smallest absolute Gasteiger partial charge is 0.224 e. The number of hydrogen-bond donors (Lipinski definition) is 3. The number of rotatable bonds is 2. The van der Waals surface area contributed by atoms with Gasteiger partial charge < -0.3 is 20.7 Å². The van der Waals surface area contributed by atoms with E-state index in [2.05, 4.69) is 29.9 Å². The van der Waals surface area contributed by atoms with Crippen molar-refractivity contribution in [2.24, 2.45) is 0 Å². The maximum Gasteiger partial charge on any atom is 0.224 e. The van der Waals surface area contributed by atoms with Crippen molar-refractivity contribution in [3.8, 4) is 0 Å². The third kappa shape index (κ3) is 1.89. The van der Waals surface area contributed by atoms with Crippen molar-refractivity contribution in [3.05, 3.63) is 23.8 Å². The highest BCUT2D eigenvalue weighted by atomic mass is 16.3. The molecule has 0 saturated heterocycles. The average Bonchev–Trinajstić information content (AvgIpc) is 3.10. The zero-order valence-corrected chi connectivity index (χ0v) is 11.2. The summed E-state index contributed by atoms with van der Waals surface area (Å²) in [5, 5.41) is 13.5. The molecule has 0 unspecified atom stereocenters. The van der Waals surface area contributed by atoms with Gasteiger partial charge in [-0.2, -0.15) is 15.1 Å². The van der Waals surface area contributed by atoms with Gasteiger partial charge >= 0.3 is 0 Å². The Morgan fingerprint density at radius 2 is 2.24 bits per heavy atom. The van der Waals surface area contributed by atoms with Gasteiger partial charge in [0.15, 0.2) is 11.5 Å². The van der Waals surface area contributed by atoms with Crippen LogP contribution >= 0.6 is 0 Å². The summed E-state index contributed by atoms with van der Waals surface area (Å²) >= 11 is 0. The second-order valence-electron chi connectivity index (χ2n) is 4.94. The monoisotopic (exact) mass is 286 g/mol. The van der Waals surface area contributed by atoms with Crippen molar-refractivity contribution in [1.82, 2.24) is 29.7 Å². The van der Waals surface area contributed by atoms with E-state index >= 15 is 0 Å².